The Morgan fingerprint density at radius 2 is 1.79 bits per heavy atom. The fourth-order valence-electron chi connectivity index (χ4n) is 4.29. The van der Waals surface area contributed by atoms with Crippen LogP contribution in [0, 0.1) is 0 Å². The van der Waals surface area contributed by atoms with Crippen LogP contribution in [0.25, 0.3) is 0 Å². The number of hydrogen-bond donors (Lipinski definition) is 2. The number of anilines is 1. The molecule has 33 heavy (non-hydrogen) atoms. The topological polar surface area (TPSA) is 94.6 Å². The molecule has 1 saturated heterocycles. The molecular weight excluding hydrogens is 438 g/mol. The Bertz CT molecular complexity index is 1060. The number of fused-ring (bicyclic) bond motifs is 1. The van der Waals surface area contributed by atoms with Gasteiger partial charge in [0.15, 0.2) is 0 Å². The van der Waals surface area contributed by atoms with Crippen molar-refractivity contribution in [1.82, 2.24) is 19.9 Å². The van der Waals surface area contributed by atoms with Crippen LogP contribution in [0.3, 0.4) is 0 Å². The van der Waals surface area contributed by atoms with Gasteiger partial charge in [-0.1, -0.05) is 12.1 Å². The Kier molecular flexibility index (Phi) is 7.62. The molecule has 2 aromatic rings. The van der Waals surface area contributed by atoms with Crippen molar-refractivity contribution < 1.29 is 13.2 Å². The van der Waals surface area contributed by atoms with Gasteiger partial charge in [-0.15, -0.1) is 0 Å². The molecule has 2 heterocycles. The summed E-state index contributed by atoms with van der Waals surface area (Å²) >= 11 is 0. The van der Waals surface area contributed by atoms with Crippen LogP contribution in [0.2, 0.25) is 0 Å². The molecule has 1 aliphatic heterocycles. The Hall–Kier alpha value is -2.49. The molecule has 1 aromatic carbocycles. The standard InChI is InChI=1S/C24H33N5O3S/c1-28-12-14-29(15-13-28)23-9-6-19(17-25-23)18-26-24(30)10-11-27-33(31,32)22-8-7-20-4-2-3-5-21(20)16-22/h6-9,16-17,27H,2-5,10-15,18H2,1H3,(H,26,30). The molecule has 0 atom stereocenters. The molecule has 2 aliphatic rings. The Labute approximate surface area is 196 Å². The number of aryl methyl sites for hydroxylation is 2. The smallest absolute Gasteiger partial charge is 0.240 e. The van der Waals surface area contributed by atoms with E-state index >= 15 is 0 Å². The molecule has 0 spiro atoms. The summed E-state index contributed by atoms with van der Waals surface area (Å²) in [6.07, 6.45) is 6.05. The van der Waals surface area contributed by atoms with Crippen molar-refractivity contribution in [3.05, 3.63) is 53.2 Å². The van der Waals surface area contributed by atoms with E-state index in [0.29, 0.717) is 6.54 Å². The molecule has 2 N–H and O–H groups in total. The van der Waals surface area contributed by atoms with Crippen LogP contribution >= 0.6 is 0 Å². The maximum absolute atomic E-state index is 12.6. The molecule has 1 fully saturated rings. The first-order valence-corrected chi connectivity index (χ1v) is 13.2. The highest BCUT2D eigenvalue weighted by Gasteiger charge is 2.18. The zero-order valence-electron chi connectivity index (χ0n) is 19.2. The van der Waals surface area contributed by atoms with Crippen LogP contribution in [-0.2, 0) is 34.2 Å². The van der Waals surface area contributed by atoms with E-state index in [-0.39, 0.29) is 23.8 Å². The van der Waals surface area contributed by atoms with Crippen LogP contribution in [0.5, 0.6) is 0 Å². The van der Waals surface area contributed by atoms with Gasteiger partial charge in [-0.05, 0) is 67.6 Å². The van der Waals surface area contributed by atoms with E-state index in [9.17, 15) is 13.2 Å². The minimum Gasteiger partial charge on any atom is -0.354 e. The first-order chi connectivity index (χ1) is 15.9. The van der Waals surface area contributed by atoms with Gasteiger partial charge in [-0.2, -0.15) is 0 Å². The van der Waals surface area contributed by atoms with E-state index in [1.807, 2.05) is 18.2 Å². The number of sulfonamides is 1. The maximum Gasteiger partial charge on any atom is 0.240 e. The van der Waals surface area contributed by atoms with Crippen LogP contribution in [0.15, 0.2) is 41.4 Å². The summed E-state index contributed by atoms with van der Waals surface area (Å²) in [4.78, 5) is 21.6. The molecule has 178 valence electrons. The highest BCUT2D eigenvalue weighted by Crippen LogP contribution is 2.24. The lowest BCUT2D eigenvalue weighted by Crippen LogP contribution is -2.44. The first-order valence-electron chi connectivity index (χ1n) is 11.7. The van der Waals surface area contributed by atoms with Gasteiger partial charge >= 0.3 is 0 Å². The van der Waals surface area contributed by atoms with E-state index in [1.54, 1.807) is 18.3 Å². The molecule has 1 amide bonds. The number of pyridine rings is 1. The summed E-state index contributed by atoms with van der Waals surface area (Å²) in [6, 6.07) is 9.30. The third kappa shape index (κ3) is 6.31. The number of piperazine rings is 1. The Balaban J connectivity index is 1.21. The average molecular weight is 472 g/mol. The number of nitrogens with zero attached hydrogens (tertiary/aromatic N) is 3. The molecular formula is C24H33N5O3S. The number of benzene rings is 1. The zero-order chi connectivity index (χ0) is 23.3. The number of hydrogen-bond acceptors (Lipinski definition) is 6. The summed E-state index contributed by atoms with van der Waals surface area (Å²) in [5, 5.41) is 2.84. The van der Waals surface area contributed by atoms with Gasteiger partial charge in [-0.25, -0.2) is 18.1 Å². The summed E-state index contributed by atoms with van der Waals surface area (Å²) in [7, 11) is -1.50. The Morgan fingerprint density at radius 3 is 2.52 bits per heavy atom. The monoisotopic (exact) mass is 471 g/mol. The third-order valence-electron chi connectivity index (χ3n) is 6.40. The highest BCUT2D eigenvalue weighted by molar-refractivity contribution is 7.89. The SMILES string of the molecule is CN1CCN(c2ccc(CNC(=O)CCNS(=O)(=O)c3ccc4c(c3)CCCC4)cn2)CC1. The van der Waals surface area contributed by atoms with E-state index in [0.717, 1.165) is 68.8 Å². The van der Waals surface area contributed by atoms with Crippen molar-refractivity contribution in [3.63, 3.8) is 0 Å². The van der Waals surface area contributed by atoms with E-state index in [1.165, 1.54) is 5.56 Å². The number of likely N-dealkylation sites (N-methyl/N-ethyl adjacent to an activating group) is 1. The molecule has 0 unspecified atom stereocenters. The number of rotatable bonds is 8. The Morgan fingerprint density at radius 1 is 1.03 bits per heavy atom. The minimum absolute atomic E-state index is 0.0614. The van der Waals surface area contributed by atoms with Gasteiger partial charge in [0.1, 0.15) is 5.82 Å². The van der Waals surface area contributed by atoms with Crippen molar-refractivity contribution in [2.75, 3.05) is 44.7 Å². The molecule has 0 bridgehead atoms. The number of aromatic nitrogens is 1. The van der Waals surface area contributed by atoms with Crippen molar-refractivity contribution in [2.24, 2.45) is 0 Å². The van der Waals surface area contributed by atoms with Gasteiger partial charge in [-0.3, -0.25) is 4.79 Å². The van der Waals surface area contributed by atoms with Crippen LogP contribution in [0.4, 0.5) is 5.82 Å². The average Bonchev–Trinajstić information content (AvgIpc) is 2.83. The van der Waals surface area contributed by atoms with Crippen LogP contribution in [-0.4, -0.2) is 64.0 Å². The van der Waals surface area contributed by atoms with Crippen molar-refractivity contribution >= 4 is 21.7 Å². The van der Waals surface area contributed by atoms with Crippen molar-refractivity contribution in [2.45, 2.75) is 43.5 Å². The quantitative estimate of drug-likeness (QED) is 0.609. The van der Waals surface area contributed by atoms with Crippen LogP contribution in [0.1, 0.15) is 36.0 Å². The van der Waals surface area contributed by atoms with Gasteiger partial charge < -0.3 is 15.1 Å². The number of carbonyl (C=O) groups is 1. The van der Waals surface area contributed by atoms with Crippen molar-refractivity contribution in [3.8, 4) is 0 Å². The number of carbonyl (C=O) groups excluding carboxylic acids is 1. The van der Waals surface area contributed by atoms with Gasteiger partial charge in [0.2, 0.25) is 15.9 Å². The summed E-state index contributed by atoms with van der Waals surface area (Å²) in [5.41, 5.74) is 3.27. The lowest BCUT2D eigenvalue weighted by atomic mass is 9.92. The van der Waals surface area contributed by atoms with Crippen LogP contribution < -0.4 is 14.9 Å². The second-order valence-electron chi connectivity index (χ2n) is 8.88. The lowest BCUT2D eigenvalue weighted by Gasteiger charge is -2.33. The van der Waals surface area contributed by atoms with Gasteiger partial charge in [0.25, 0.3) is 0 Å². The minimum atomic E-state index is -3.62. The normalized spacial score (nSPS) is 16.9. The fourth-order valence-corrected chi connectivity index (χ4v) is 5.37. The van der Waals surface area contributed by atoms with Crippen molar-refractivity contribution in [1.29, 1.82) is 0 Å². The lowest BCUT2D eigenvalue weighted by molar-refractivity contribution is -0.121. The largest absolute Gasteiger partial charge is 0.354 e. The second-order valence-corrected chi connectivity index (χ2v) is 10.6. The zero-order valence-corrected chi connectivity index (χ0v) is 20.0. The summed E-state index contributed by atoms with van der Waals surface area (Å²) < 4.78 is 27.8. The molecule has 0 radical (unpaired) electrons. The number of amides is 1. The fraction of sp³-hybridized carbons (Fsp3) is 0.500. The number of nitrogens with one attached hydrogen (secondary N) is 2. The molecule has 4 rings (SSSR count). The molecule has 0 saturated carbocycles. The third-order valence-corrected chi connectivity index (χ3v) is 7.86. The summed E-state index contributed by atoms with van der Waals surface area (Å²) in [6.45, 7) is 4.39. The molecule has 8 nitrogen and oxygen atoms in total. The first kappa shape index (κ1) is 23.7. The maximum atomic E-state index is 12.6. The summed E-state index contributed by atoms with van der Waals surface area (Å²) in [5.74, 6) is 0.751. The van der Waals surface area contributed by atoms with Gasteiger partial charge in [0, 0.05) is 51.9 Å². The molecule has 1 aromatic heterocycles. The predicted molar refractivity (Wildman–Crippen MR) is 129 cm³/mol. The molecule has 9 heteroatoms. The van der Waals surface area contributed by atoms with E-state index in [2.05, 4.69) is 31.9 Å². The predicted octanol–water partition coefficient (Wildman–Crippen LogP) is 1.70. The van der Waals surface area contributed by atoms with E-state index in [4.69, 9.17) is 0 Å². The second kappa shape index (κ2) is 10.6. The molecule has 1 aliphatic carbocycles. The van der Waals surface area contributed by atoms with Gasteiger partial charge in [0.05, 0.1) is 4.90 Å². The van der Waals surface area contributed by atoms with E-state index < -0.39 is 10.0 Å². The highest BCUT2D eigenvalue weighted by atomic mass is 32.2.